The van der Waals surface area contributed by atoms with Crippen molar-refractivity contribution in [2.24, 2.45) is 0 Å². The van der Waals surface area contributed by atoms with E-state index in [1.165, 1.54) is 0 Å². The predicted molar refractivity (Wildman–Crippen MR) is 91.8 cm³/mol. The Bertz CT molecular complexity index is 715. The van der Waals surface area contributed by atoms with E-state index in [1.807, 2.05) is 54.6 Å². The maximum absolute atomic E-state index is 13.0. The molecule has 0 saturated heterocycles. The third-order valence-corrected chi connectivity index (χ3v) is 4.16. The molecule has 6 heteroatoms. The Balaban J connectivity index is 2.19. The Morgan fingerprint density at radius 3 is 2.39 bits per heavy atom. The number of rotatable bonds is 2. The molecule has 23 heavy (non-hydrogen) atoms. The zero-order valence-electron chi connectivity index (χ0n) is 12.1. The molecule has 1 aliphatic heterocycles. The van der Waals surface area contributed by atoms with Crippen LogP contribution < -0.4 is 5.32 Å². The van der Waals surface area contributed by atoms with Crippen molar-refractivity contribution in [1.82, 2.24) is 5.32 Å². The maximum atomic E-state index is 13.0. The predicted octanol–water partition coefficient (Wildman–Crippen LogP) is 3.95. The minimum atomic E-state index is -2.12. The van der Waals surface area contributed by atoms with Gasteiger partial charge in [0.25, 0.3) is 0 Å². The van der Waals surface area contributed by atoms with Crippen LogP contribution in [0.3, 0.4) is 0 Å². The summed E-state index contributed by atoms with van der Waals surface area (Å²) >= 11 is 17.1. The molecular formula is C17H14Cl3NO2. The van der Waals surface area contributed by atoms with Crippen LogP contribution in [0.4, 0.5) is 0 Å². The fourth-order valence-corrected chi connectivity index (χ4v) is 3.22. The van der Waals surface area contributed by atoms with Gasteiger partial charge in [-0.25, -0.2) is 4.79 Å². The van der Waals surface area contributed by atoms with Crippen LogP contribution in [-0.4, -0.2) is 16.5 Å². The van der Waals surface area contributed by atoms with Gasteiger partial charge in [0.1, 0.15) is 0 Å². The van der Waals surface area contributed by atoms with Gasteiger partial charge < -0.3 is 4.74 Å². The van der Waals surface area contributed by atoms with Crippen molar-refractivity contribution in [3.8, 4) is 0 Å². The van der Waals surface area contributed by atoms with Gasteiger partial charge in [0.2, 0.25) is 0 Å². The van der Waals surface area contributed by atoms with Crippen LogP contribution in [0.5, 0.6) is 0 Å². The van der Waals surface area contributed by atoms with Crippen LogP contribution in [0.25, 0.3) is 0 Å². The lowest BCUT2D eigenvalue weighted by Gasteiger charge is -2.39. The molecule has 3 rings (SSSR count). The Hall–Kier alpha value is -1.26. The van der Waals surface area contributed by atoms with Crippen molar-refractivity contribution >= 4 is 40.8 Å². The minimum absolute atomic E-state index is 0.612. The summed E-state index contributed by atoms with van der Waals surface area (Å²) in [5, 5.41) is 3.28. The van der Waals surface area contributed by atoms with Crippen molar-refractivity contribution in [1.29, 1.82) is 0 Å². The summed E-state index contributed by atoms with van der Waals surface area (Å²) in [6.07, 6.45) is 0.811. The van der Waals surface area contributed by atoms with Crippen molar-refractivity contribution in [2.75, 3.05) is 6.54 Å². The summed E-state index contributed by atoms with van der Waals surface area (Å²) in [5.74, 6) is -0.643. The highest BCUT2D eigenvalue weighted by molar-refractivity contribution is 6.66. The molecule has 0 radical (unpaired) electrons. The van der Waals surface area contributed by atoms with Gasteiger partial charge in [0.05, 0.1) is 0 Å². The third kappa shape index (κ3) is 3.20. The largest absolute Gasteiger partial charge is 0.413 e. The van der Waals surface area contributed by atoms with Crippen LogP contribution in [-0.2, 0) is 21.5 Å². The van der Waals surface area contributed by atoms with E-state index in [4.69, 9.17) is 39.5 Å². The molecule has 0 aliphatic carbocycles. The standard InChI is InChI=1S/C17H14Cl3NO2/c18-17(19,20)23-15(22)16(13-7-2-1-3-8-13)14-9-5-4-6-12(14)10-11-21-16/h1-9,21H,10-11H2/t16-/m0/s1. The van der Waals surface area contributed by atoms with Crippen LogP contribution in [0.15, 0.2) is 54.6 Å². The van der Waals surface area contributed by atoms with Gasteiger partial charge in [-0.3, -0.25) is 5.32 Å². The zero-order chi connectivity index (χ0) is 16.5. The Kier molecular flexibility index (Phi) is 4.56. The van der Waals surface area contributed by atoms with Crippen LogP contribution in [0.2, 0.25) is 0 Å². The molecule has 0 fully saturated rings. The van der Waals surface area contributed by atoms with E-state index in [2.05, 4.69) is 5.32 Å². The van der Waals surface area contributed by atoms with Crippen LogP contribution >= 0.6 is 34.8 Å². The fourth-order valence-electron chi connectivity index (χ4n) is 3.01. The van der Waals surface area contributed by atoms with Gasteiger partial charge in [-0.2, -0.15) is 0 Å². The lowest BCUT2D eigenvalue weighted by molar-refractivity contribution is -0.151. The first-order chi connectivity index (χ1) is 10.9. The number of halogens is 3. The monoisotopic (exact) mass is 369 g/mol. The van der Waals surface area contributed by atoms with Gasteiger partial charge in [0, 0.05) is 6.54 Å². The molecule has 1 N–H and O–H groups in total. The molecule has 0 unspecified atom stereocenters. The molecule has 0 aromatic heterocycles. The number of carbonyl (C=O) groups is 1. The lowest BCUT2D eigenvalue weighted by atomic mass is 9.77. The second-order valence-corrected chi connectivity index (χ2v) is 7.46. The fraction of sp³-hybridized carbons (Fsp3) is 0.235. The molecule has 2 aromatic carbocycles. The van der Waals surface area contributed by atoms with Gasteiger partial charge in [-0.05, 0) is 57.9 Å². The highest BCUT2D eigenvalue weighted by Crippen LogP contribution is 2.39. The number of carbonyl (C=O) groups excluding carboxylic acids is 1. The molecule has 2 aromatic rings. The summed E-state index contributed by atoms with van der Waals surface area (Å²) in [6, 6.07) is 17.0. The van der Waals surface area contributed by atoms with E-state index in [-0.39, 0.29) is 0 Å². The van der Waals surface area contributed by atoms with Gasteiger partial charge in [0.15, 0.2) is 5.54 Å². The number of benzene rings is 2. The minimum Gasteiger partial charge on any atom is -0.413 e. The first-order valence-electron chi connectivity index (χ1n) is 7.12. The summed E-state index contributed by atoms with van der Waals surface area (Å²) in [6.45, 7) is 0.612. The Morgan fingerprint density at radius 1 is 1.04 bits per heavy atom. The van der Waals surface area contributed by atoms with Gasteiger partial charge >= 0.3 is 9.95 Å². The van der Waals surface area contributed by atoms with Crippen molar-refractivity contribution < 1.29 is 9.53 Å². The molecule has 0 amide bonds. The summed E-state index contributed by atoms with van der Waals surface area (Å²) < 4.78 is 2.97. The number of hydrogen-bond donors (Lipinski definition) is 1. The highest BCUT2D eigenvalue weighted by Gasteiger charge is 2.48. The summed E-state index contributed by atoms with van der Waals surface area (Å²) in [5.41, 5.74) is 1.43. The third-order valence-electron chi connectivity index (χ3n) is 3.93. The second kappa shape index (κ2) is 6.33. The number of alkyl halides is 3. The molecule has 0 spiro atoms. The smallest absolute Gasteiger partial charge is 0.340 e. The molecule has 1 heterocycles. The molecular weight excluding hydrogens is 357 g/mol. The number of nitrogens with one attached hydrogen (secondary N) is 1. The average Bonchev–Trinajstić information content (AvgIpc) is 2.53. The Morgan fingerprint density at radius 2 is 1.70 bits per heavy atom. The van der Waals surface area contributed by atoms with Crippen molar-refractivity contribution in [3.05, 3.63) is 71.3 Å². The lowest BCUT2D eigenvalue weighted by Crippen LogP contribution is -2.55. The molecule has 0 saturated carbocycles. The SMILES string of the molecule is O=C(OC(Cl)(Cl)Cl)[C@@]1(c2ccccc2)NCCc2ccccc21. The topological polar surface area (TPSA) is 38.3 Å². The number of esters is 1. The molecule has 120 valence electrons. The molecule has 1 atom stereocenters. The molecule has 3 nitrogen and oxygen atoms in total. The number of fused-ring (bicyclic) bond motifs is 1. The molecule has 1 aliphatic rings. The first-order valence-corrected chi connectivity index (χ1v) is 8.26. The number of ether oxygens (including phenoxy) is 1. The Labute approximate surface area is 149 Å². The average molecular weight is 371 g/mol. The molecule has 0 bridgehead atoms. The maximum Gasteiger partial charge on any atom is 0.340 e. The van der Waals surface area contributed by atoms with E-state index in [0.717, 1.165) is 23.1 Å². The van der Waals surface area contributed by atoms with Crippen LogP contribution in [0.1, 0.15) is 16.7 Å². The van der Waals surface area contributed by atoms with E-state index >= 15 is 0 Å². The van der Waals surface area contributed by atoms with E-state index in [1.54, 1.807) is 0 Å². The normalized spacial score (nSPS) is 20.7. The summed E-state index contributed by atoms with van der Waals surface area (Å²) in [7, 11) is 0. The second-order valence-electron chi connectivity index (χ2n) is 5.29. The summed E-state index contributed by atoms with van der Waals surface area (Å²) in [4.78, 5) is 13.0. The highest BCUT2D eigenvalue weighted by atomic mass is 35.6. The quantitative estimate of drug-likeness (QED) is 0.642. The zero-order valence-corrected chi connectivity index (χ0v) is 14.3. The van der Waals surface area contributed by atoms with Crippen molar-refractivity contribution in [2.45, 2.75) is 15.9 Å². The van der Waals surface area contributed by atoms with Crippen LogP contribution in [0, 0.1) is 0 Å². The van der Waals surface area contributed by atoms with Crippen molar-refractivity contribution in [3.63, 3.8) is 0 Å². The van der Waals surface area contributed by atoms with E-state index in [9.17, 15) is 4.79 Å². The number of hydrogen-bond acceptors (Lipinski definition) is 3. The van der Waals surface area contributed by atoms with Gasteiger partial charge in [-0.1, -0.05) is 54.6 Å². The van der Waals surface area contributed by atoms with Gasteiger partial charge in [-0.15, -0.1) is 0 Å². The van der Waals surface area contributed by atoms with E-state index < -0.39 is 15.5 Å². The first kappa shape index (κ1) is 16.6. The van der Waals surface area contributed by atoms with E-state index in [0.29, 0.717) is 6.54 Å².